The SMILES string of the molecule is CC(C)(C)C1CCC(O)CC1N1CCOCC1(C)C. The van der Waals surface area contributed by atoms with Crippen LogP contribution in [0.4, 0.5) is 0 Å². The number of ether oxygens (including phenoxy) is 1. The van der Waals surface area contributed by atoms with Crippen LogP contribution in [0.3, 0.4) is 0 Å². The summed E-state index contributed by atoms with van der Waals surface area (Å²) in [6, 6.07) is 0.489. The van der Waals surface area contributed by atoms with E-state index in [0.29, 0.717) is 17.4 Å². The third-order valence-electron chi connectivity index (χ3n) is 5.01. The number of hydrogen-bond donors (Lipinski definition) is 1. The highest BCUT2D eigenvalue weighted by Crippen LogP contribution is 2.42. The largest absolute Gasteiger partial charge is 0.393 e. The molecule has 2 rings (SSSR count). The minimum Gasteiger partial charge on any atom is -0.393 e. The Morgan fingerprint density at radius 1 is 1.21 bits per heavy atom. The first kappa shape index (κ1) is 15.3. The first-order valence-corrected chi connectivity index (χ1v) is 7.74. The van der Waals surface area contributed by atoms with Crippen LogP contribution < -0.4 is 0 Å². The summed E-state index contributed by atoms with van der Waals surface area (Å²) in [5, 5.41) is 10.1. The van der Waals surface area contributed by atoms with Gasteiger partial charge >= 0.3 is 0 Å². The smallest absolute Gasteiger partial charge is 0.0645 e. The van der Waals surface area contributed by atoms with Crippen molar-refractivity contribution in [3.8, 4) is 0 Å². The fraction of sp³-hybridized carbons (Fsp3) is 1.00. The van der Waals surface area contributed by atoms with Crippen molar-refractivity contribution >= 4 is 0 Å². The number of morpholine rings is 1. The minimum absolute atomic E-state index is 0.0868. The van der Waals surface area contributed by atoms with Gasteiger partial charge in [0.1, 0.15) is 0 Å². The molecule has 112 valence electrons. The van der Waals surface area contributed by atoms with Crippen molar-refractivity contribution in [3.63, 3.8) is 0 Å². The van der Waals surface area contributed by atoms with Gasteiger partial charge in [-0.3, -0.25) is 4.90 Å². The molecule has 0 spiro atoms. The average molecular weight is 269 g/mol. The molecule has 1 saturated carbocycles. The van der Waals surface area contributed by atoms with E-state index in [1.165, 1.54) is 0 Å². The van der Waals surface area contributed by atoms with E-state index >= 15 is 0 Å². The van der Waals surface area contributed by atoms with Crippen LogP contribution in [-0.4, -0.2) is 47.4 Å². The van der Waals surface area contributed by atoms with Crippen molar-refractivity contribution < 1.29 is 9.84 Å². The van der Waals surface area contributed by atoms with Gasteiger partial charge in [0.05, 0.1) is 19.3 Å². The molecule has 1 saturated heterocycles. The van der Waals surface area contributed by atoms with Gasteiger partial charge in [0, 0.05) is 18.1 Å². The van der Waals surface area contributed by atoms with Gasteiger partial charge in [0.15, 0.2) is 0 Å². The summed E-state index contributed by atoms with van der Waals surface area (Å²) in [5.74, 6) is 0.660. The zero-order valence-electron chi connectivity index (χ0n) is 13.3. The fourth-order valence-corrected chi connectivity index (χ4v) is 3.96. The average Bonchev–Trinajstić information content (AvgIpc) is 2.26. The molecule has 1 heterocycles. The van der Waals surface area contributed by atoms with Crippen molar-refractivity contribution in [2.24, 2.45) is 11.3 Å². The fourth-order valence-electron chi connectivity index (χ4n) is 3.96. The van der Waals surface area contributed by atoms with Gasteiger partial charge in [0.2, 0.25) is 0 Å². The molecule has 2 aliphatic rings. The Labute approximate surface area is 118 Å². The van der Waals surface area contributed by atoms with Crippen molar-refractivity contribution in [3.05, 3.63) is 0 Å². The lowest BCUT2D eigenvalue weighted by molar-refractivity contribution is -0.114. The molecule has 1 aliphatic carbocycles. The molecular weight excluding hydrogens is 238 g/mol. The molecule has 0 aromatic heterocycles. The molecule has 3 nitrogen and oxygen atoms in total. The summed E-state index contributed by atoms with van der Waals surface area (Å²) in [5.41, 5.74) is 0.392. The van der Waals surface area contributed by atoms with Crippen molar-refractivity contribution in [2.45, 2.75) is 71.6 Å². The number of aliphatic hydroxyl groups excluding tert-OH is 1. The lowest BCUT2D eigenvalue weighted by Crippen LogP contribution is -2.61. The topological polar surface area (TPSA) is 32.7 Å². The summed E-state index contributed by atoms with van der Waals surface area (Å²) in [4.78, 5) is 2.61. The molecule has 3 atom stereocenters. The Hall–Kier alpha value is -0.120. The predicted octanol–water partition coefficient (Wildman–Crippen LogP) is 2.67. The normalized spacial score (nSPS) is 37.3. The van der Waals surface area contributed by atoms with Crippen LogP contribution in [0.2, 0.25) is 0 Å². The molecule has 2 fully saturated rings. The van der Waals surface area contributed by atoms with Crippen LogP contribution in [0, 0.1) is 11.3 Å². The van der Waals surface area contributed by atoms with E-state index < -0.39 is 0 Å². The van der Waals surface area contributed by atoms with Gasteiger partial charge in [-0.15, -0.1) is 0 Å². The van der Waals surface area contributed by atoms with Crippen LogP contribution in [0.5, 0.6) is 0 Å². The predicted molar refractivity (Wildman–Crippen MR) is 78.2 cm³/mol. The number of aliphatic hydroxyl groups is 1. The van der Waals surface area contributed by atoms with Crippen molar-refractivity contribution in [2.75, 3.05) is 19.8 Å². The molecule has 0 amide bonds. The maximum Gasteiger partial charge on any atom is 0.0645 e. The standard InChI is InChI=1S/C16H31NO2/c1-15(2,3)13-7-6-12(18)10-14(13)17-8-9-19-11-16(17,4)5/h12-14,18H,6-11H2,1-5H3. The van der Waals surface area contributed by atoms with Crippen LogP contribution >= 0.6 is 0 Å². The Morgan fingerprint density at radius 2 is 1.89 bits per heavy atom. The summed E-state index contributed by atoms with van der Waals surface area (Å²) in [6.45, 7) is 14.2. The van der Waals surface area contributed by atoms with Crippen LogP contribution in [0.15, 0.2) is 0 Å². The quantitative estimate of drug-likeness (QED) is 0.794. The lowest BCUT2D eigenvalue weighted by atomic mass is 9.67. The van der Waals surface area contributed by atoms with E-state index in [1.807, 2.05) is 0 Å². The molecule has 3 heteroatoms. The number of nitrogens with zero attached hydrogens (tertiary/aromatic N) is 1. The van der Waals surface area contributed by atoms with E-state index in [2.05, 4.69) is 39.5 Å². The monoisotopic (exact) mass is 269 g/mol. The first-order valence-electron chi connectivity index (χ1n) is 7.74. The molecule has 19 heavy (non-hydrogen) atoms. The zero-order valence-corrected chi connectivity index (χ0v) is 13.3. The second-order valence-electron chi connectivity index (χ2n) is 8.07. The zero-order chi connectivity index (χ0) is 14.3. The van der Waals surface area contributed by atoms with Gasteiger partial charge < -0.3 is 9.84 Å². The summed E-state index contributed by atoms with van der Waals surface area (Å²) in [7, 11) is 0. The molecular formula is C16H31NO2. The maximum atomic E-state index is 10.1. The second-order valence-corrected chi connectivity index (χ2v) is 8.07. The maximum absolute atomic E-state index is 10.1. The van der Waals surface area contributed by atoms with E-state index in [9.17, 15) is 5.11 Å². The Bertz CT molecular complexity index is 308. The second kappa shape index (κ2) is 5.34. The van der Waals surface area contributed by atoms with Gasteiger partial charge in [0.25, 0.3) is 0 Å². The first-order chi connectivity index (χ1) is 8.72. The molecule has 0 radical (unpaired) electrons. The Balaban J connectivity index is 2.21. The third kappa shape index (κ3) is 3.32. The number of rotatable bonds is 1. The van der Waals surface area contributed by atoms with Crippen LogP contribution in [-0.2, 0) is 4.74 Å². The lowest BCUT2D eigenvalue weighted by Gasteiger charge is -2.53. The van der Waals surface area contributed by atoms with Gasteiger partial charge in [-0.1, -0.05) is 20.8 Å². The van der Waals surface area contributed by atoms with Crippen molar-refractivity contribution in [1.29, 1.82) is 0 Å². The molecule has 3 unspecified atom stereocenters. The van der Waals surface area contributed by atoms with Crippen molar-refractivity contribution in [1.82, 2.24) is 4.90 Å². The van der Waals surface area contributed by atoms with Gasteiger partial charge in [-0.05, 0) is 44.4 Å². The Morgan fingerprint density at radius 3 is 2.47 bits per heavy atom. The highest BCUT2D eigenvalue weighted by molar-refractivity contribution is 4.98. The molecule has 1 aliphatic heterocycles. The van der Waals surface area contributed by atoms with Crippen LogP contribution in [0.1, 0.15) is 53.9 Å². The van der Waals surface area contributed by atoms with Gasteiger partial charge in [-0.2, -0.15) is 0 Å². The van der Waals surface area contributed by atoms with E-state index in [0.717, 1.165) is 39.0 Å². The van der Waals surface area contributed by atoms with E-state index in [1.54, 1.807) is 0 Å². The Kier molecular flexibility index (Phi) is 4.29. The van der Waals surface area contributed by atoms with E-state index in [4.69, 9.17) is 4.74 Å². The molecule has 0 bridgehead atoms. The van der Waals surface area contributed by atoms with Gasteiger partial charge in [-0.25, -0.2) is 0 Å². The number of hydrogen-bond acceptors (Lipinski definition) is 3. The summed E-state index contributed by atoms with van der Waals surface area (Å²) >= 11 is 0. The summed E-state index contributed by atoms with van der Waals surface area (Å²) < 4.78 is 5.65. The third-order valence-corrected chi connectivity index (χ3v) is 5.01. The minimum atomic E-state index is -0.123. The molecule has 0 aromatic carbocycles. The molecule has 0 aromatic rings. The highest BCUT2D eigenvalue weighted by Gasteiger charge is 2.44. The highest BCUT2D eigenvalue weighted by atomic mass is 16.5. The molecule has 1 N–H and O–H groups in total. The summed E-state index contributed by atoms with van der Waals surface area (Å²) in [6.07, 6.45) is 2.90. The van der Waals surface area contributed by atoms with E-state index in [-0.39, 0.29) is 11.6 Å². The van der Waals surface area contributed by atoms with Crippen LogP contribution in [0.25, 0.3) is 0 Å².